The highest BCUT2D eigenvalue weighted by atomic mass is 79.9. The van der Waals surface area contributed by atoms with Crippen LogP contribution in [0.2, 0.25) is 5.02 Å². The molecule has 3 aromatic rings. The highest BCUT2D eigenvalue weighted by molar-refractivity contribution is 9.10. The largest absolute Gasteiger partial charge is 0.349 e. The van der Waals surface area contributed by atoms with Crippen molar-refractivity contribution in [3.05, 3.63) is 85.7 Å². The van der Waals surface area contributed by atoms with Crippen molar-refractivity contribution in [3.63, 3.8) is 0 Å². The van der Waals surface area contributed by atoms with Crippen LogP contribution in [0.3, 0.4) is 0 Å². The number of carbonyl (C=O) groups excluding carboxylic acids is 1. The molecule has 27 heavy (non-hydrogen) atoms. The van der Waals surface area contributed by atoms with Gasteiger partial charge in [-0.3, -0.25) is 9.59 Å². The van der Waals surface area contributed by atoms with Crippen molar-refractivity contribution >= 4 is 33.4 Å². The SMILES string of the molecule is C[C@@H](NC(=O)Cc1cnc(-c2ccc(Cl)cc2)[nH]c1=O)c1ccc(Br)cc1. The monoisotopic (exact) mass is 445 g/mol. The summed E-state index contributed by atoms with van der Waals surface area (Å²) >= 11 is 9.25. The van der Waals surface area contributed by atoms with Gasteiger partial charge in [-0.25, -0.2) is 4.98 Å². The minimum absolute atomic E-state index is 0.0376. The fourth-order valence-corrected chi connectivity index (χ4v) is 2.99. The fraction of sp³-hybridized carbons (Fsp3) is 0.150. The van der Waals surface area contributed by atoms with Gasteiger partial charge in [0.15, 0.2) is 0 Å². The van der Waals surface area contributed by atoms with E-state index in [9.17, 15) is 9.59 Å². The van der Waals surface area contributed by atoms with E-state index in [1.54, 1.807) is 24.3 Å². The summed E-state index contributed by atoms with van der Waals surface area (Å²) in [5, 5.41) is 3.50. The highest BCUT2D eigenvalue weighted by Crippen LogP contribution is 2.18. The molecule has 0 aliphatic rings. The number of amides is 1. The molecule has 1 atom stereocenters. The second-order valence-corrected chi connectivity index (χ2v) is 7.46. The summed E-state index contributed by atoms with van der Waals surface area (Å²) in [5.41, 5.74) is 1.71. The highest BCUT2D eigenvalue weighted by Gasteiger charge is 2.13. The standard InChI is InChI=1S/C20H17BrClN3O2/c1-12(13-2-6-16(21)7-3-13)24-18(26)10-15-11-23-19(25-20(15)27)14-4-8-17(22)9-5-14/h2-9,11-12H,10H2,1H3,(H,24,26)(H,23,25,27)/t12-/m1/s1. The maximum atomic E-state index is 12.3. The molecule has 0 saturated carbocycles. The van der Waals surface area contributed by atoms with E-state index in [4.69, 9.17) is 11.6 Å². The molecule has 0 saturated heterocycles. The van der Waals surface area contributed by atoms with Gasteiger partial charge >= 0.3 is 0 Å². The van der Waals surface area contributed by atoms with Crippen LogP contribution in [-0.4, -0.2) is 15.9 Å². The summed E-state index contributed by atoms with van der Waals surface area (Å²) in [6.45, 7) is 1.90. The predicted octanol–water partition coefficient (Wildman–Crippen LogP) is 4.27. The summed E-state index contributed by atoms with van der Waals surface area (Å²) in [6, 6.07) is 14.5. The molecule has 0 aliphatic heterocycles. The number of carbonyl (C=O) groups is 1. The number of aromatic nitrogens is 2. The normalized spacial score (nSPS) is 11.8. The van der Waals surface area contributed by atoms with Crippen LogP contribution in [0.25, 0.3) is 11.4 Å². The molecule has 3 rings (SSSR count). The number of hydrogen-bond acceptors (Lipinski definition) is 3. The summed E-state index contributed by atoms with van der Waals surface area (Å²) in [5.74, 6) is 0.195. The van der Waals surface area contributed by atoms with Gasteiger partial charge in [-0.15, -0.1) is 0 Å². The first-order chi connectivity index (χ1) is 12.9. The van der Waals surface area contributed by atoms with Gasteiger partial charge in [-0.05, 0) is 48.9 Å². The Morgan fingerprint density at radius 3 is 2.48 bits per heavy atom. The topological polar surface area (TPSA) is 74.8 Å². The Labute approximate surface area is 169 Å². The van der Waals surface area contributed by atoms with Crippen molar-refractivity contribution < 1.29 is 4.79 Å². The predicted molar refractivity (Wildman–Crippen MR) is 110 cm³/mol. The molecule has 0 radical (unpaired) electrons. The number of nitrogens with one attached hydrogen (secondary N) is 2. The summed E-state index contributed by atoms with van der Waals surface area (Å²) < 4.78 is 0.975. The maximum absolute atomic E-state index is 12.3. The van der Waals surface area contributed by atoms with Crippen LogP contribution in [0.5, 0.6) is 0 Å². The number of nitrogens with zero attached hydrogens (tertiary/aromatic N) is 1. The Hall–Kier alpha value is -2.44. The number of hydrogen-bond donors (Lipinski definition) is 2. The number of halogens is 2. The van der Waals surface area contributed by atoms with Crippen LogP contribution in [0.1, 0.15) is 24.1 Å². The van der Waals surface area contributed by atoms with Gasteiger partial charge in [0.05, 0.1) is 12.5 Å². The van der Waals surface area contributed by atoms with Gasteiger partial charge in [0.25, 0.3) is 5.56 Å². The van der Waals surface area contributed by atoms with Crippen LogP contribution in [0.4, 0.5) is 0 Å². The molecule has 0 fully saturated rings. The lowest BCUT2D eigenvalue weighted by molar-refractivity contribution is -0.121. The average Bonchev–Trinajstić information content (AvgIpc) is 2.64. The molecule has 2 aromatic carbocycles. The third kappa shape index (κ3) is 5.05. The van der Waals surface area contributed by atoms with E-state index in [1.165, 1.54) is 6.20 Å². The minimum Gasteiger partial charge on any atom is -0.349 e. The fourth-order valence-electron chi connectivity index (χ4n) is 2.60. The smallest absolute Gasteiger partial charge is 0.254 e. The zero-order chi connectivity index (χ0) is 19.4. The minimum atomic E-state index is -0.332. The van der Waals surface area contributed by atoms with Gasteiger partial charge < -0.3 is 10.3 Å². The quantitative estimate of drug-likeness (QED) is 0.614. The molecule has 0 aliphatic carbocycles. The van der Waals surface area contributed by atoms with Gasteiger partial charge in [0.1, 0.15) is 5.82 Å². The van der Waals surface area contributed by atoms with Crippen LogP contribution in [0, 0.1) is 0 Å². The third-order valence-corrected chi connectivity index (χ3v) is 4.87. The summed E-state index contributed by atoms with van der Waals surface area (Å²) in [6.07, 6.45) is 1.40. The van der Waals surface area contributed by atoms with Gasteiger partial charge in [-0.2, -0.15) is 0 Å². The van der Waals surface area contributed by atoms with Crippen molar-refractivity contribution in [3.8, 4) is 11.4 Å². The molecule has 0 bridgehead atoms. The second-order valence-electron chi connectivity index (χ2n) is 6.11. The molecule has 5 nitrogen and oxygen atoms in total. The first-order valence-corrected chi connectivity index (χ1v) is 9.48. The van der Waals surface area contributed by atoms with Crippen LogP contribution >= 0.6 is 27.5 Å². The first kappa shape index (κ1) is 19.3. The number of benzene rings is 2. The molecule has 0 spiro atoms. The maximum Gasteiger partial charge on any atom is 0.254 e. The second kappa shape index (κ2) is 8.50. The van der Waals surface area contributed by atoms with Crippen molar-refractivity contribution in [2.75, 3.05) is 0 Å². The molecule has 0 unspecified atom stereocenters. The van der Waals surface area contributed by atoms with E-state index in [1.807, 2.05) is 31.2 Å². The molecule has 7 heteroatoms. The lowest BCUT2D eigenvalue weighted by Crippen LogP contribution is -2.30. The molecular formula is C20H17BrClN3O2. The lowest BCUT2D eigenvalue weighted by atomic mass is 10.1. The van der Waals surface area contributed by atoms with Crippen LogP contribution in [-0.2, 0) is 11.2 Å². The van der Waals surface area contributed by atoms with Gasteiger partial charge in [0.2, 0.25) is 5.91 Å². The number of H-pyrrole nitrogens is 1. The molecule has 2 N–H and O–H groups in total. The van der Waals surface area contributed by atoms with Crippen molar-refractivity contribution in [2.45, 2.75) is 19.4 Å². The Balaban J connectivity index is 1.68. The zero-order valence-electron chi connectivity index (χ0n) is 14.5. The van der Waals surface area contributed by atoms with Crippen molar-refractivity contribution in [1.29, 1.82) is 0 Å². The van der Waals surface area contributed by atoms with Crippen LogP contribution < -0.4 is 10.9 Å². The Bertz CT molecular complexity index is 1000. The Morgan fingerprint density at radius 1 is 1.19 bits per heavy atom. The lowest BCUT2D eigenvalue weighted by Gasteiger charge is -2.14. The first-order valence-electron chi connectivity index (χ1n) is 8.31. The number of aromatic amines is 1. The van der Waals surface area contributed by atoms with E-state index in [0.29, 0.717) is 16.4 Å². The molecule has 1 heterocycles. The van der Waals surface area contributed by atoms with E-state index in [0.717, 1.165) is 15.6 Å². The third-order valence-electron chi connectivity index (χ3n) is 4.09. The molecule has 1 aromatic heterocycles. The molecular weight excluding hydrogens is 430 g/mol. The molecule has 1 amide bonds. The van der Waals surface area contributed by atoms with Crippen LogP contribution in [0.15, 0.2) is 64.0 Å². The summed E-state index contributed by atoms with van der Waals surface area (Å²) in [7, 11) is 0. The van der Waals surface area contributed by atoms with Gasteiger partial charge in [-0.1, -0.05) is 39.7 Å². The van der Waals surface area contributed by atoms with Gasteiger partial charge in [0, 0.05) is 26.8 Å². The Kier molecular flexibility index (Phi) is 6.08. The zero-order valence-corrected chi connectivity index (χ0v) is 16.8. The van der Waals surface area contributed by atoms with E-state index < -0.39 is 0 Å². The van der Waals surface area contributed by atoms with Crippen molar-refractivity contribution in [1.82, 2.24) is 15.3 Å². The van der Waals surface area contributed by atoms with E-state index >= 15 is 0 Å². The van der Waals surface area contributed by atoms with Crippen molar-refractivity contribution in [2.24, 2.45) is 0 Å². The number of rotatable bonds is 5. The Morgan fingerprint density at radius 2 is 1.85 bits per heavy atom. The molecule has 138 valence electrons. The van der Waals surface area contributed by atoms with E-state index in [2.05, 4.69) is 31.2 Å². The summed E-state index contributed by atoms with van der Waals surface area (Å²) in [4.78, 5) is 31.6. The van der Waals surface area contributed by atoms with E-state index in [-0.39, 0.29) is 23.9 Å². The average molecular weight is 447 g/mol.